The van der Waals surface area contributed by atoms with Crippen LogP contribution in [0.5, 0.6) is 0 Å². The van der Waals surface area contributed by atoms with E-state index >= 15 is 0 Å². The van der Waals surface area contributed by atoms with Gasteiger partial charge in [0.2, 0.25) is 11.8 Å². The van der Waals surface area contributed by atoms with E-state index in [-0.39, 0.29) is 23.4 Å². The van der Waals surface area contributed by atoms with Gasteiger partial charge in [0.25, 0.3) is 10.0 Å². The van der Waals surface area contributed by atoms with Gasteiger partial charge < -0.3 is 10.2 Å². The molecule has 0 heterocycles. The number of amides is 2. The maximum absolute atomic E-state index is 14.1. The van der Waals surface area contributed by atoms with Crippen molar-refractivity contribution in [2.24, 2.45) is 0 Å². The maximum atomic E-state index is 14.1. The molecule has 1 aliphatic carbocycles. The van der Waals surface area contributed by atoms with Crippen molar-refractivity contribution < 1.29 is 18.0 Å². The van der Waals surface area contributed by atoms with Gasteiger partial charge in [0.05, 0.1) is 10.6 Å². The number of sulfonamides is 1. The molecule has 2 amide bonds. The number of carbonyl (C=O) groups excluding carboxylic acids is 2. The Morgan fingerprint density at radius 3 is 2.15 bits per heavy atom. The van der Waals surface area contributed by atoms with E-state index in [1.807, 2.05) is 56.3 Å². The summed E-state index contributed by atoms with van der Waals surface area (Å²) in [6.45, 7) is 5.17. The second kappa shape index (κ2) is 13.1. The number of nitrogens with one attached hydrogen (secondary N) is 1. The van der Waals surface area contributed by atoms with E-state index < -0.39 is 28.5 Å². The first-order chi connectivity index (χ1) is 19.2. The maximum Gasteiger partial charge on any atom is 0.264 e. The van der Waals surface area contributed by atoms with Crippen LogP contribution in [0, 0.1) is 13.8 Å². The quantitative estimate of drug-likeness (QED) is 0.361. The molecule has 0 spiro atoms. The zero-order valence-corrected chi connectivity index (χ0v) is 24.4. The lowest BCUT2D eigenvalue weighted by molar-refractivity contribution is -0.139. The van der Waals surface area contributed by atoms with Gasteiger partial charge in [-0.15, -0.1) is 0 Å². The summed E-state index contributed by atoms with van der Waals surface area (Å²) in [5.74, 6) is -0.672. The second-order valence-electron chi connectivity index (χ2n) is 10.6. The van der Waals surface area contributed by atoms with Crippen molar-refractivity contribution in [3.05, 3.63) is 95.6 Å². The fraction of sp³-hybridized carbons (Fsp3) is 0.375. The molecule has 1 atom stereocenters. The van der Waals surface area contributed by atoms with Crippen LogP contribution in [-0.2, 0) is 26.2 Å². The lowest BCUT2D eigenvalue weighted by atomic mass is 9.95. The average Bonchev–Trinajstić information content (AvgIpc) is 2.96. The number of benzene rings is 3. The lowest BCUT2D eigenvalue weighted by Crippen LogP contribution is -2.53. The van der Waals surface area contributed by atoms with Crippen LogP contribution in [0.1, 0.15) is 55.7 Å². The molecule has 0 saturated heterocycles. The third-order valence-electron chi connectivity index (χ3n) is 7.59. The average molecular weight is 562 g/mol. The highest BCUT2D eigenvalue weighted by atomic mass is 32.2. The molecule has 0 bridgehead atoms. The Bertz CT molecular complexity index is 1400. The third-order valence-corrected chi connectivity index (χ3v) is 9.36. The Morgan fingerprint density at radius 1 is 0.875 bits per heavy atom. The van der Waals surface area contributed by atoms with Gasteiger partial charge >= 0.3 is 0 Å². The fourth-order valence-corrected chi connectivity index (χ4v) is 6.60. The normalized spacial score (nSPS) is 14.8. The van der Waals surface area contributed by atoms with Crippen molar-refractivity contribution in [2.45, 2.75) is 76.4 Å². The monoisotopic (exact) mass is 561 g/mol. The number of hydrogen-bond donors (Lipinski definition) is 1. The van der Waals surface area contributed by atoms with Crippen molar-refractivity contribution in [1.29, 1.82) is 0 Å². The summed E-state index contributed by atoms with van der Waals surface area (Å²) in [7, 11) is -4.08. The van der Waals surface area contributed by atoms with E-state index in [0.717, 1.165) is 42.4 Å². The van der Waals surface area contributed by atoms with Crippen LogP contribution >= 0.6 is 0 Å². The summed E-state index contributed by atoms with van der Waals surface area (Å²) in [4.78, 5) is 29.0. The number of para-hydroxylation sites is 1. The highest BCUT2D eigenvalue weighted by Crippen LogP contribution is 2.27. The summed E-state index contributed by atoms with van der Waals surface area (Å²) in [5.41, 5.74) is 2.94. The van der Waals surface area contributed by atoms with Crippen molar-refractivity contribution in [3.63, 3.8) is 0 Å². The first-order valence-electron chi connectivity index (χ1n) is 14.0. The Kier molecular flexibility index (Phi) is 9.63. The molecule has 0 aliphatic heterocycles. The van der Waals surface area contributed by atoms with Gasteiger partial charge in [0.1, 0.15) is 12.6 Å². The number of carbonyl (C=O) groups is 2. The SMILES string of the molecule is Cc1ccc(S(=O)(=O)N(CC(=O)N(Cc2ccccc2)C(C)C(=O)NC2CCCCC2)c2ccccc2C)cc1. The van der Waals surface area contributed by atoms with E-state index in [1.54, 1.807) is 43.3 Å². The van der Waals surface area contributed by atoms with E-state index in [4.69, 9.17) is 0 Å². The largest absolute Gasteiger partial charge is 0.352 e. The predicted molar refractivity (Wildman–Crippen MR) is 158 cm³/mol. The van der Waals surface area contributed by atoms with Crippen LogP contribution in [-0.4, -0.2) is 43.8 Å². The van der Waals surface area contributed by atoms with Crippen LogP contribution in [0.4, 0.5) is 5.69 Å². The van der Waals surface area contributed by atoms with Crippen LogP contribution in [0.25, 0.3) is 0 Å². The molecule has 0 aromatic heterocycles. The summed E-state index contributed by atoms with van der Waals surface area (Å²) in [6, 6.07) is 22.5. The molecule has 0 radical (unpaired) electrons. The topological polar surface area (TPSA) is 86.8 Å². The van der Waals surface area contributed by atoms with E-state index in [0.29, 0.717) is 5.69 Å². The van der Waals surface area contributed by atoms with Crippen molar-refractivity contribution >= 4 is 27.5 Å². The minimum absolute atomic E-state index is 0.0998. The van der Waals surface area contributed by atoms with Gasteiger partial charge in [-0.1, -0.05) is 85.5 Å². The molecule has 1 fully saturated rings. The Balaban J connectivity index is 1.67. The number of rotatable bonds is 10. The Labute approximate surface area is 238 Å². The zero-order valence-electron chi connectivity index (χ0n) is 23.5. The third kappa shape index (κ3) is 7.10. The summed E-state index contributed by atoms with van der Waals surface area (Å²) >= 11 is 0. The Hall–Kier alpha value is -3.65. The molecule has 1 unspecified atom stereocenters. The molecule has 4 rings (SSSR count). The van der Waals surface area contributed by atoms with Crippen molar-refractivity contribution in [3.8, 4) is 0 Å². The number of aryl methyl sites for hydroxylation is 2. The smallest absolute Gasteiger partial charge is 0.264 e. The van der Waals surface area contributed by atoms with E-state index in [9.17, 15) is 18.0 Å². The first-order valence-corrected chi connectivity index (χ1v) is 15.4. The van der Waals surface area contributed by atoms with Gasteiger partial charge in [-0.3, -0.25) is 13.9 Å². The highest BCUT2D eigenvalue weighted by molar-refractivity contribution is 7.92. The van der Waals surface area contributed by atoms with Crippen LogP contribution in [0.15, 0.2) is 83.8 Å². The molecule has 40 heavy (non-hydrogen) atoms. The number of anilines is 1. The van der Waals surface area contributed by atoms with E-state index in [2.05, 4.69) is 5.32 Å². The molecule has 212 valence electrons. The molecular weight excluding hydrogens is 522 g/mol. The second-order valence-corrected chi connectivity index (χ2v) is 12.5. The first kappa shape index (κ1) is 29.3. The van der Waals surface area contributed by atoms with Gasteiger partial charge in [0.15, 0.2) is 0 Å². The van der Waals surface area contributed by atoms with Gasteiger partial charge in [0, 0.05) is 12.6 Å². The van der Waals surface area contributed by atoms with Gasteiger partial charge in [-0.25, -0.2) is 8.42 Å². The molecule has 7 nitrogen and oxygen atoms in total. The molecule has 3 aromatic rings. The van der Waals surface area contributed by atoms with E-state index in [1.165, 1.54) is 15.6 Å². The Morgan fingerprint density at radius 2 is 1.50 bits per heavy atom. The minimum atomic E-state index is -4.08. The molecule has 8 heteroatoms. The van der Waals surface area contributed by atoms with Gasteiger partial charge in [-0.2, -0.15) is 0 Å². The van der Waals surface area contributed by atoms with Crippen LogP contribution in [0.3, 0.4) is 0 Å². The minimum Gasteiger partial charge on any atom is -0.352 e. The highest BCUT2D eigenvalue weighted by Gasteiger charge is 2.33. The zero-order chi connectivity index (χ0) is 28.7. The molecular formula is C32H39N3O4S. The fourth-order valence-electron chi connectivity index (χ4n) is 5.13. The lowest BCUT2D eigenvalue weighted by Gasteiger charge is -2.33. The summed E-state index contributed by atoms with van der Waals surface area (Å²) in [6.07, 6.45) is 5.19. The van der Waals surface area contributed by atoms with Crippen LogP contribution < -0.4 is 9.62 Å². The summed E-state index contributed by atoms with van der Waals surface area (Å²) < 4.78 is 29.1. The number of hydrogen-bond acceptors (Lipinski definition) is 4. The molecule has 3 aromatic carbocycles. The summed E-state index contributed by atoms with van der Waals surface area (Å²) in [5, 5.41) is 3.13. The number of nitrogens with zero attached hydrogens (tertiary/aromatic N) is 2. The van der Waals surface area contributed by atoms with Crippen molar-refractivity contribution in [2.75, 3.05) is 10.8 Å². The molecule has 1 N–H and O–H groups in total. The standard InChI is InChI=1S/C32H39N3O4S/c1-24-18-20-29(21-19-24)40(38,39)35(30-17-11-10-12-25(30)2)23-31(36)34(22-27-13-6-4-7-14-27)26(3)32(37)33-28-15-8-5-9-16-28/h4,6-7,10-14,17-21,26,28H,5,8-9,15-16,22-23H2,1-3H3,(H,33,37). The van der Waals surface area contributed by atoms with Crippen molar-refractivity contribution in [1.82, 2.24) is 10.2 Å². The predicted octanol–water partition coefficient (Wildman–Crippen LogP) is 5.36. The van der Waals surface area contributed by atoms with Crippen LogP contribution in [0.2, 0.25) is 0 Å². The van der Waals surface area contributed by atoms with Gasteiger partial charge in [-0.05, 0) is 62.9 Å². The molecule has 1 saturated carbocycles. The molecule has 1 aliphatic rings.